The second kappa shape index (κ2) is 5.85. The smallest absolute Gasteiger partial charge is 0.408 e. The molecule has 5 nitrogen and oxygen atoms in total. The van der Waals surface area contributed by atoms with Crippen LogP contribution in [0, 0.1) is 17.2 Å². The van der Waals surface area contributed by atoms with Crippen LogP contribution in [-0.2, 0) is 9.53 Å². The van der Waals surface area contributed by atoms with Gasteiger partial charge >= 0.3 is 6.09 Å². The Labute approximate surface area is 107 Å². The van der Waals surface area contributed by atoms with Crippen LogP contribution in [0.3, 0.4) is 0 Å². The van der Waals surface area contributed by atoms with E-state index in [1.165, 1.54) is 0 Å². The summed E-state index contributed by atoms with van der Waals surface area (Å²) < 4.78 is 5.08. The molecular weight excluding hydrogens is 232 g/mol. The van der Waals surface area contributed by atoms with E-state index >= 15 is 0 Å². The van der Waals surface area contributed by atoms with Gasteiger partial charge in [0.05, 0.1) is 0 Å². The molecule has 1 rings (SSSR count). The Bertz CT molecular complexity index is 361. The van der Waals surface area contributed by atoms with Crippen LogP contribution >= 0.6 is 0 Å². The fourth-order valence-corrected chi connectivity index (χ4v) is 1.82. The second-order valence-electron chi connectivity index (χ2n) is 5.71. The van der Waals surface area contributed by atoms with Crippen LogP contribution in [0.15, 0.2) is 0 Å². The van der Waals surface area contributed by atoms with Crippen molar-refractivity contribution in [1.29, 1.82) is 5.26 Å². The Morgan fingerprint density at radius 2 is 2.06 bits per heavy atom. The number of hydrogen-bond acceptors (Lipinski definition) is 4. The highest BCUT2D eigenvalue weighted by Crippen LogP contribution is 2.30. The third-order valence-corrected chi connectivity index (χ3v) is 2.91. The van der Waals surface area contributed by atoms with Gasteiger partial charge in [0.1, 0.15) is 17.7 Å². The lowest BCUT2D eigenvalue weighted by Gasteiger charge is -2.29. The SMILES string of the molecule is CC(C)(C)OC(=O)NC(CC1CCC1)C(=O)C#N. The van der Waals surface area contributed by atoms with Crippen LogP contribution in [0.25, 0.3) is 0 Å². The van der Waals surface area contributed by atoms with Gasteiger partial charge in [-0.25, -0.2) is 4.79 Å². The number of nitrogens with zero attached hydrogens (tertiary/aromatic N) is 1. The van der Waals surface area contributed by atoms with E-state index in [0.717, 1.165) is 19.3 Å². The molecule has 5 heteroatoms. The van der Waals surface area contributed by atoms with Gasteiger partial charge < -0.3 is 10.1 Å². The minimum Gasteiger partial charge on any atom is -0.444 e. The molecule has 18 heavy (non-hydrogen) atoms. The van der Waals surface area contributed by atoms with Crippen LogP contribution in [0.5, 0.6) is 0 Å². The number of hydrogen-bond donors (Lipinski definition) is 1. The van der Waals surface area contributed by atoms with Gasteiger partial charge in [0.15, 0.2) is 0 Å². The van der Waals surface area contributed by atoms with E-state index in [-0.39, 0.29) is 0 Å². The molecule has 1 aliphatic rings. The highest BCUT2D eigenvalue weighted by molar-refractivity contribution is 5.99. The molecule has 1 fully saturated rings. The first-order valence-electron chi connectivity index (χ1n) is 6.25. The fraction of sp³-hybridized carbons (Fsp3) is 0.769. The molecular formula is C13H20N2O3. The number of nitriles is 1. The Hall–Kier alpha value is -1.57. The zero-order valence-electron chi connectivity index (χ0n) is 11.2. The summed E-state index contributed by atoms with van der Waals surface area (Å²) in [5.74, 6) is -0.171. The molecule has 100 valence electrons. The number of amides is 1. The Morgan fingerprint density at radius 1 is 1.44 bits per heavy atom. The van der Waals surface area contributed by atoms with E-state index in [1.54, 1.807) is 26.8 Å². The number of carbonyl (C=O) groups excluding carboxylic acids is 2. The Kier molecular flexibility index (Phi) is 4.71. The van der Waals surface area contributed by atoms with Gasteiger partial charge in [-0.15, -0.1) is 0 Å². The highest BCUT2D eigenvalue weighted by atomic mass is 16.6. The first-order valence-corrected chi connectivity index (χ1v) is 6.25. The van der Waals surface area contributed by atoms with Crippen molar-refractivity contribution >= 4 is 11.9 Å². The Morgan fingerprint density at radius 3 is 2.44 bits per heavy atom. The van der Waals surface area contributed by atoms with Gasteiger partial charge in [0, 0.05) is 0 Å². The lowest BCUT2D eigenvalue weighted by atomic mass is 9.80. The molecule has 0 heterocycles. The summed E-state index contributed by atoms with van der Waals surface area (Å²) in [5, 5.41) is 11.2. The molecule has 1 aliphatic carbocycles. The summed E-state index contributed by atoms with van der Waals surface area (Å²) in [5.41, 5.74) is -0.610. The molecule has 0 aliphatic heterocycles. The number of alkyl carbamates (subject to hydrolysis) is 1. The molecule has 0 bridgehead atoms. The van der Waals surface area contributed by atoms with Crippen molar-refractivity contribution in [2.45, 2.75) is 58.1 Å². The van der Waals surface area contributed by atoms with Crippen molar-refractivity contribution in [2.75, 3.05) is 0 Å². The van der Waals surface area contributed by atoms with Crippen molar-refractivity contribution in [3.05, 3.63) is 0 Å². The molecule has 0 aromatic heterocycles. The molecule has 0 aromatic rings. The number of nitrogens with one attached hydrogen (secondary N) is 1. The van der Waals surface area contributed by atoms with Gasteiger partial charge in [0.2, 0.25) is 0 Å². The highest BCUT2D eigenvalue weighted by Gasteiger charge is 2.29. The summed E-state index contributed by atoms with van der Waals surface area (Å²) in [6.45, 7) is 5.25. The minimum absolute atomic E-state index is 0.433. The number of ether oxygens (including phenoxy) is 1. The lowest BCUT2D eigenvalue weighted by Crippen LogP contribution is -2.44. The molecule has 0 saturated heterocycles. The first-order chi connectivity index (χ1) is 8.31. The van der Waals surface area contributed by atoms with E-state index in [0.29, 0.717) is 12.3 Å². The summed E-state index contributed by atoms with van der Waals surface area (Å²) in [4.78, 5) is 23.0. The quantitative estimate of drug-likeness (QED) is 0.777. The maximum absolute atomic E-state index is 11.6. The van der Waals surface area contributed by atoms with E-state index < -0.39 is 23.5 Å². The van der Waals surface area contributed by atoms with Gasteiger partial charge in [-0.3, -0.25) is 4.79 Å². The molecule has 1 unspecified atom stereocenters. The lowest BCUT2D eigenvalue weighted by molar-refractivity contribution is -0.116. The van der Waals surface area contributed by atoms with Crippen LogP contribution in [0.4, 0.5) is 4.79 Å². The van der Waals surface area contributed by atoms with Gasteiger partial charge in [-0.05, 0) is 33.1 Å². The Balaban J connectivity index is 2.52. The maximum atomic E-state index is 11.6. The second-order valence-corrected chi connectivity index (χ2v) is 5.71. The molecule has 1 amide bonds. The van der Waals surface area contributed by atoms with Crippen LogP contribution in [0.2, 0.25) is 0 Å². The van der Waals surface area contributed by atoms with E-state index in [1.807, 2.05) is 0 Å². The molecule has 0 radical (unpaired) electrons. The zero-order valence-corrected chi connectivity index (χ0v) is 11.2. The molecule has 1 saturated carbocycles. The van der Waals surface area contributed by atoms with Crippen molar-refractivity contribution < 1.29 is 14.3 Å². The summed E-state index contributed by atoms with van der Waals surface area (Å²) in [6, 6.07) is 0.837. The number of ketones is 1. The molecule has 0 spiro atoms. The average Bonchev–Trinajstić information content (AvgIpc) is 2.17. The minimum atomic E-state index is -0.741. The zero-order chi connectivity index (χ0) is 13.8. The number of carbonyl (C=O) groups is 2. The fourth-order valence-electron chi connectivity index (χ4n) is 1.82. The molecule has 1 N–H and O–H groups in total. The van der Waals surface area contributed by atoms with Crippen molar-refractivity contribution in [2.24, 2.45) is 5.92 Å². The first kappa shape index (κ1) is 14.5. The molecule has 1 atom stereocenters. The van der Waals surface area contributed by atoms with Crippen molar-refractivity contribution in [3.8, 4) is 6.07 Å². The number of rotatable bonds is 4. The summed E-state index contributed by atoms with van der Waals surface area (Å²) in [7, 11) is 0. The van der Waals surface area contributed by atoms with Gasteiger partial charge in [-0.1, -0.05) is 19.3 Å². The van der Waals surface area contributed by atoms with E-state index in [4.69, 9.17) is 10.00 Å². The van der Waals surface area contributed by atoms with Crippen LogP contribution < -0.4 is 5.32 Å². The van der Waals surface area contributed by atoms with E-state index in [9.17, 15) is 9.59 Å². The topological polar surface area (TPSA) is 79.2 Å². The standard InChI is InChI=1S/C13H20N2O3/c1-13(2,3)18-12(17)15-10(11(16)8-14)7-9-5-4-6-9/h9-10H,4-7H2,1-3H3,(H,15,17). The monoisotopic (exact) mass is 252 g/mol. The predicted molar refractivity (Wildman–Crippen MR) is 65.7 cm³/mol. The predicted octanol–water partition coefficient (Wildman–Crippen LogP) is 2.16. The van der Waals surface area contributed by atoms with Crippen LogP contribution in [0.1, 0.15) is 46.5 Å². The summed E-state index contributed by atoms with van der Waals surface area (Å²) >= 11 is 0. The number of Topliss-reactive ketones (excluding diaryl/α,β-unsaturated/α-hetero) is 1. The summed E-state index contributed by atoms with van der Waals surface area (Å²) in [6.07, 6.45) is 3.17. The van der Waals surface area contributed by atoms with Gasteiger partial charge in [0.25, 0.3) is 5.78 Å². The van der Waals surface area contributed by atoms with Crippen LogP contribution in [-0.4, -0.2) is 23.5 Å². The van der Waals surface area contributed by atoms with Crippen molar-refractivity contribution in [1.82, 2.24) is 5.32 Å². The van der Waals surface area contributed by atoms with Gasteiger partial charge in [-0.2, -0.15) is 5.26 Å². The average molecular weight is 252 g/mol. The molecule has 0 aromatic carbocycles. The largest absolute Gasteiger partial charge is 0.444 e. The third kappa shape index (κ3) is 4.74. The third-order valence-electron chi connectivity index (χ3n) is 2.91. The normalized spacial score (nSPS) is 17.2. The van der Waals surface area contributed by atoms with Crippen molar-refractivity contribution in [3.63, 3.8) is 0 Å². The maximum Gasteiger partial charge on any atom is 0.408 e. The van der Waals surface area contributed by atoms with E-state index in [2.05, 4.69) is 5.32 Å².